The number of H-pyrrole nitrogens is 1. The first kappa shape index (κ1) is 17.9. The second-order valence-electron chi connectivity index (χ2n) is 5.04. The zero-order valence-corrected chi connectivity index (χ0v) is 13.7. The molecule has 1 fully saturated rings. The molecule has 0 radical (unpaired) electrons. The molecule has 2 rings (SSSR count). The van der Waals surface area contributed by atoms with Crippen LogP contribution in [0.5, 0.6) is 0 Å². The molecule has 0 bridgehead atoms. The minimum atomic E-state index is -0.598. The van der Waals surface area contributed by atoms with Gasteiger partial charge in [-0.1, -0.05) is 0 Å². The molecular weight excluding hydrogens is 364 g/mol. The second kappa shape index (κ2) is 7.77. The maximum Gasteiger partial charge on any atom is 0.328 e. The summed E-state index contributed by atoms with van der Waals surface area (Å²) in [7, 11) is 0. The number of aromatic nitrogens is 2. The van der Waals surface area contributed by atoms with Crippen LogP contribution in [0, 0.1) is 0 Å². The van der Waals surface area contributed by atoms with Gasteiger partial charge < -0.3 is 11.1 Å². The summed E-state index contributed by atoms with van der Waals surface area (Å²) in [5.74, 6) is -0.244. The molecule has 0 spiro atoms. The van der Waals surface area contributed by atoms with Crippen LogP contribution in [0.15, 0.2) is 20.3 Å². The molecule has 0 saturated heterocycles. The number of hydrogen-bond acceptors (Lipinski definition) is 4. The first-order valence-electron chi connectivity index (χ1n) is 6.50. The van der Waals surface area contributed by atoms with Crippen molar-refractivity contribution in [3.8, 4) is 0 Å². The van der Waals surface area contributed by atoms with Gasteiger partial charge in [0.15, 0.2) is 0 Å². The van der Waals surface area contributed by atoms with E-state index in [0.717, 1.165) is 30.3 Å². The fraction of sp³-hybridized carbons (Fsp3) is 0.583. The first-order chi connectivity index (χ1) is 9.45. The molecule has 1 aliphatic carbocycles. The quantitative estimate of drug-likeness (QED) is 0.690. The molecular formula is C12H18BrClN4O3. The lowest BCUT2D eigenvalue weighted by Crippen LogP contribution is -2.43. The molecule has 1 amide bonds. The molecule has 1 aromatic heterocycles. The summed E-state index contributed by atoms with van der Waals surface area (Å²) in [5, 5.41) is 2.89. The predicted molar refractivity (Wildman–Crippen MR) is 84.6 cm³/mol. The van der Waals surface area contributed by atoms with E-state index >= 15 is 0 Å². The largest absolute Gasteiger partial charge is 0.352 e. The lowest BCUT2D eigenvalue weighted by molar-refractivity contribution is -0.122. The van der Waals surface area contributed by atoms with E-state index in [1.807, 2.05) is 0 Å². The van der Waals surface area contributed by atoms with Crippen LogP contribution in [0.2, 0.25) is 0 Å². The van der Waals surface area contributed by atoms with Crippen molar-refractivity contribution >= 4 is 34.2 Å². The van der Waals surface area contributed by atoms with Crippen LogP contribution in [-0.2, 0) is 11.3 Å². The van der Waals surface area contributed by atoms with Gasteiger partial charge in [0, 0.05) is 18.3 Å². The Morgan fingerprint density at radius 1 is 1.38 bits per heavy atom. The number of nitrogens with one attached hydrogen (secondary N) is 2. The summed E-state index contributed by atoms with van der Waals surface area (Å²) >= 11 is 3.03. The fourth-order valence-electron chi connectivity index (χ4n) is 2.29. The van der Waals surface area contributed by atoms with E-state index in [9.17, 15) is 14.4 Å². The van der Waals surface area contributed by atoms with Gasteiger partial charge in [-0.3, -0.25) is 19.1 Å². The Balaban J connectivity index is 0.00000220. The number of halogens is 2. The number of carbonyl (C=O) groups is 1. The highest BCUT2D eigenvalue weighted by Gasteiger charge is 2.20. The van der Waals surface area contributed by atoms with Crippen molar-refractivity contribution in [1.29, 1.82) is 0 Å². The molecule has 9 heteroatoms. The number of nitrogens with two attached hydrogens (primary N) is 1. The SMILES string of the molecule is Cl.NC1CCC(NC(=O)Cn2cc(Br)c(=O)[nH]c2=O)CC1. The number of nitrogens with zero attached hydrogens (tertiary/aromatic N) is 1. The summed E-state index contributed by atoms with van der Waals surface area (Å²) in [6, 6.07) is 0.338. The highest BCUT2D eigenvalue weighted by Crippen LogP contribution is 2.16. The van der Waals surface area contributed by atoms with Gasteiger partial charge in [-0.25, -0.2) is 4.79 Å². The Bertz CT molecular complexity index is 607. The molecule has 1 aliphatic rings. The number of rotatable bonds is 3. The van der Waals surface area contributed by atoms with Crippen molar-refractivity contribution in [2.24, 2.45) is 5.73 Å². The fourth-order valence-corrected chi connectivity index (χ4v) is 2.64. The molecule has 0 unspecified atom stereocenters. The number of carbonyl (C=O) groups excluding carboxylic acids is 1. The van der Waals surface area contributed by atoms with E-state index in [-0.39, 0.29) is 41.4 Å². The number of hydrogen-bond donors (Lipinski definition) is 3. The third-order valence-electron chi connectivity index (χ3n) is 3.42. The van der Waals surface area contributed by atoms with Crippen LogP contribution in [0.4, 0.5) is 0 Å². The summed E-state index contributed by atoms with van der Waals surface area (Å²) in [4.78, 5) is 36.8. The van der Waals surface area contributed by atoms with E-state index in [0.29, 0.717) is 0 Å². The lowest BCUT2D eigenvalue weighted by Gasteiger charge is -2.26. The highest BCUT2D eigenvalue weighted by atomic mass is 79.9. The third-order valence-corrected chi connectivity index (χ3v) is 3.98. The van der Waals surface area contributed by atoms with Crippen LogP contribution in [0.3, 0.4) is 0 Å². The zero-order valence-electron chi connectivity index (χ0n) is 11.3. The highest BCUT2D eigenvalue weighted by molar-refractivity contribution is 9.10. The van der Waals surface area contributed by atoms with Crippen molar-refractivity contribution in [2.45, 2.75) is 44.3 Å². The average Bonchev–Trinajstić information content (AvgIpc) is 2.39. The topological polar surface area (TPSA) is 110 Å². The van der Waals surface area contributed by atoms with Gasteiger partial charge in [-0.15, -0.1) is 12.4 Å². The normalized spacial score (nSPS) is 21.4. The van der Waals surface area contributed by atoms with Crippen molar-refractivity contribution < 1.29 is 4.79 Å². The molecule has 1 saturated carbocycles. The molecule has 0 atom stereocenters. The van der Waals surface area contributed by atoms with Gasteiger partial charge >= 0.3 is 5.69 Å². The van der Waals surface area contributed by atoms with E-state index in [4.69, 9.17) is 5.73 Å². The first-order valence-corrected chi connectivity index (χ1v) is 7.29. The Morgan fingerprint density at radius 3 is 2.62 bits per heavy atom. The number of amides is 1. The molecule has 1 aromatic rings. The summed E-state index contributed by atoms with van der Waals surface area (Å²) in [6.45, 7) is -0.114. The van der Waals surface area contributed by atoms with Crippen molar-refractivity contribution in [3.05, 3.63) is 31.5 Å². The van der Waals surface area contributed by atoms with E-state index < -0.39 is 11.2 Å². The molecule has 7 nitrogen and oxygen atoms in total. The Labute approximate surface area is 135 Å². The monoisotopic (exact) mass is 380 g/mol. The maximum absolute atomic E-state index is 11.9. The van der Waals surface area contributed by atoms with Crippen molar-refractivity contribution in [1.82, 2.24) is 14.9 Å². The third kappa shape index (κ3) is 4.98. The van der Waals surface area contributed by atoms with E-state index in [1.54, 1.807) is 0 Å². The molecule has 0 aromatic carbocycles. The van der Waals surface area contributed by atoms with Gasteiger partial charge in [-0.05, 0) is 41.6 Å². The number of aromatic amines is 1. The van der Waals surface area contributed by atoms with E-state index in [2.05, 4.69) is 26.2 Å². The van der Waals surface area contributed by atoms with Gasteiger partial charge in [-0.2, -0.15) is 0 Å². The Morgan fingerprint density at radius 2 is 2.00 bits per heavy atom. The smallest absolute Gasteiger partial charge is 0.328 e. The molecule has 21 heavy (non-hydrogen) atoms. The summed E-state index contributed by atoms with van der Waals surface area (Å²) in [5.41, 5.74) is 4.70. The van der Waals surface area contributed by atoms with Gasteiger partial charge in [0.2, 0.25) is 5.91 Å². The summed E-state index contributed by atoms with van der Waals surface area (Å²) < 4.78 is 1.38. The van der Waals surface area contributed by atoms with Crippen LogP contribution >= 0.6 is 28.3 Å². The lowest BCUT2D eigenvalue weighted by atomic mass is 9.92. The predicted octanol–water partition coefficient (Wildman–Crippen LogP) is 0.107. The van der Waals surface area contributed by atoms with Crippen LogP contribution in [-0.4, -0.2) is 27.5 Å². The van der Waals surface area contributed by atoms with Crippen molar-refractivity contribution in [3.63, 3.8) is 0 Å². The van der Waals surface area contributed by atoms with Crippen LogP contribution in [0.25, 0.3) is 0 Å². The average molecular weight is 382 g/mol. The molecule has 0 aliphatic heterocycles. The van der Waals surface area contributed by atoms with Crippen LogP contribution in [0.1, 0.15) is 25.7 Å². The Hall–Kier alpha value is -1.12. The minimum absolute atomic E-state index is 0. The molecule has 4 N–H and O–H groups in total. The maximum atomic E-state index is 11.9. The van der Waals surface area contributed by atoms with Gasteiger partial charge in [0.05, 0.1) is 4.47 Å². The van der Waals surface area contributed by atoms with Crippen molar-refractivity contribution in [2.75, 3.05) is 0 Å². The van der Waals surface area contributed by atoms with Crippen LogP contribution < -0.4 is 22.3 Å². The second-order valence-corrected chi connectivity index (χ2v) is 5.90. The Kier molecular flexibility index (Phi) is 6.63. The van der Waals surface area contributed by atoms with E-state index in [1.165, 1.54) is 6.20 Å². The van der Waals surface area contributed by atoms with Gasteiger partial charge in [0.25, 0.3) is 5.56 Å². The van der Waals surface area contributed by atoms with Gasteiger partial charge in [0.1, 0.15) is 6.54 Å². The minimum Gasteiger partial charge on any atom is -0.352 e. The molecule has 118 valence electrons. The standard InChI is InChI=1S/C12H17BrN4O3.ClH/c13-9-5-17(12(20)16-11(9)19)6-10(18)15-8-3-1-7(14)2-4-8;/h5,7-8H,1-4,6,14H2,(H,15,18)(H,16,19,20);1H. The molecule has 1 heterocycles. The zero-order chi connectivity index (χ0) is 14.7. The summed E-state index contributed by atoms with van der Waals surface area (Å²) in [6.07, 6.45) is 4.83.